The van der Waals surface area contributed by atoms with Gasteiger partial charge in [-0.2, -0.15) is 0 Å². The minimum Gasteiger partial charge on any atom is -0.497 e. The highest BCUT2D eigenvalue weighted by Crippen LogP contribution is 2.30. The largest absolute Gasteiger partial charge is 0.497 e. The Kier molecular flexibility index (Phi) is 6.20. The summed E-state index contributed by atoms with van der Waals surface area (Å²) in [5.74, 6) is 2.09. The molecule has 0 bridgehead atoms. The number of carbonyl (C=O) groups is 1. The Hall–Kier alpha value is -3.10. The van der Waals surface area contributed by atoms with Gasteiger partial charge in [-0.15, -0.1) is 10.2 Å². The molecule has 0 saturated carbocycles. The van der Waals surface area contributed by atoms with E-state index >= 15 is 0 Å². The van der Waals surface area contributed by atoms with Gasteiger partial charge < -0.3 is 13.9 Å². The first-order valence-corrected chi connectivity index (χ1v) is 12.0. The monoisotopic (exact) mass is 463 g/mol. The van der Waals surface area contributed by atoms with Crippen molar-refractivity contribution in [2.75, 3.05) is 19.5 Å². The molecule has 0 N–H and O–H groups in total. The van der Waals surface area contributed by atoms with Gasteiger partial charge in [-0.1, -0.05) is 30.0 Å². The molecular weight excluding hydrogens is 438 g/mol. The number of para-hydroxylation sites is 1. The van der Waals surface area contributed by atoms with E-state index in [2.05, 4.69) is 14.8 Å². The number of carbonyl (C=O) groups excluding carboxylic acids is 1. The molecule has 2 aromatic heterocycles. The smallest absolute Gasteiger partial charge is 0.208 e. The Morgan fingerprint density at radius 1 is 1.18 bits per heavy atom. The molecule has 33 heavy (non-hydrogen) atoms. The standard InChI is InChI=1S/C25H25N3O4S/c1-16-20-7-3-4-8-22(20)32-23(16)21(29)15-33-25-27-26-24(17-9-11-18(30-2)12-10-17)28(25)14-19-6-5-13-31-19/h3-4,7-12,19H,5-6,13-15H2,1-2H3/t19-/m1/s1. The maximum atomic E-state index is 13.0. The van der Waals surface area contributed by atoms with E-state index in [1.807, 2.05) is 55.5 Å². The number of benzene rings is 2. The summed E-state index contributed by atoms with van der Waals surface area (Å²) in [6.07, 6.45) is 2.17. The second-order valence-electron chi connectivity index (χ2n) is 8.04. The molecule has 1 saturated heterocycles. The van der Waals surface area contributed by atoms with Crippen LogP contribution < -0.4 is 4.74 Å². The van der Waals surface area contributed by atoms with Crippen molar-refractivity contribution in [3.8, 4) is 17.1 Å². The van der Waals surface area contributed by atoms with Gasteiger partial charge in [0.05, 0.1) is 25.5 Å². The van der Waals surface area contributed by atoms with Crippen LogP contribution in [0, 0.1) is 6.92 Å². The van der Waals surface area contributed by atoms with Crippen LogP contribution in [0.1, 0.15) is 29.0 Å². The summed E-state index contributed by atoms with van der Waals surface area (Å²) in [5, 5.41) is 10.5. The van der Waals surface area contributed by atoms with Crippen LogP contribution in [0.3, 0.4) is 0 Å². The van der Waals surface area contributed by atoms with Crippen LogP contribution in [-0.2, 0) is 11.3 Å². The fourth-order valence-electron chi connectivity index (χ4n) is 4.14. The van der Waals surface area contributed by atoms with E-state index in [0.29, 0.717) is 17.5 Å². The first-order valence-electron chi connectivity index (χ1n) is 11.0. The molecule has 0 spiro atoms. The minimum absolute atomic E-state index is 0.0636. The highest BCUT2D eigenvalue weighted by molar-refractivity contribution is 7.99. The Bertz CT molecular complexity index is 1270. The second kappa shape index (κ2) is 9.41. The van der Waals surface area contributed by atoms with Crippen molar-refractivity contribution < 1.29 is 18.7 Å². The number of Topliss-reactive ketones (excluding diaryl/α,β-unsaturated/α-hetero) is 1. The molecule has 1 atom stereocenters. The van der Waals surface area contributed by atoms with Gasteiger partial charge >= 0.3 is 0 Å². The van der Waals surface area contributed by atoms with Gasteiger partial charge in [0, 0.05) is 23.1 Å². The summed E-state index contributed by atoms with van der Waals surface area (Å²) in [6.45, 7) is 3.34. The number of methoxy groups -OCH3 is 1. The molecule has 2 aromatic carbocycles. The van der Waals surface area contributed by atoms with Crippen LogP contribution in [0.25, 0.3) is 22.4 Å². The molecule has 4 aromatic rings. The molecule has 3 heterocycles. The predicted octanol–water partition coefficient (Wildman–Crippen LogP) is 5.16. The minimum atomic E-state index is -0.0636. The Morgan fingerprint density at radius 3 is 2.73 bits per heavy atom. The average molecular weight is 464 g/mol. The van der Waals surface area contributed by atoms with E-state index < -0.39 is 0 Å². The molecule has 7 nitrogen and oxygen atoms in total. The highest BCUT2D eigenvalue weighted by atomic mass is 32.2. The highest BCUT2D eigenvalue weighted by Gasteiger charge is 2.24. The van der Waals surface area contributed by atoms with Gasteiger partial charge in [0.2, 0.25) is 5.78 Å². The van der Waals surface area contributed by atoms with E-state index in [-0.39, 0.29) is 17.6 Å². The van der Waals surface area contributed by atoms with Gasteiger partial charge in [-0.25, -0.2) is 0 Å². The first kappa shape index (κ1) is 21.7. The Labute approximate surface area is 196 Å². The Balaban J connectivity index is 1.40. The third-order valence-electron chi connectivity index (χ3n) is 5.90. The molecule has 1 fully saturated rings. The van der Waals surface area contributed by atoms with Gasteiger partial charge in [-0.05, 0) is 50.1 Å². The topological polar surface area (TPSA) is 79.4 Å². The molecule has 1 aliphatic heterocycles. The van der Waals surface area contributed by atoms with Crippen LogP contribution in [0.15, 0.2) is 58.1 Å². The number of fused-ring (bicyclic) bond motifs is 1. The van der Waals surface area contributed by atoms with Crippen LogP contribution in [0.5, 0.6) is 5.75 Å². The number of aromatic nitrogens is 3. The van der Waals surface area contributed by atoms with Gasteiger partial charge in [0.1, 0.15) is 11.3 Å². The molecule has 1 aliphatic rings. The Morgan fingerprint density at radius 2 is 2.00 bits per heavy atom. The summed E-state index contributed by atoms with van der Waals surface area (Å²) in [6, 6.07) is 15.4. The van der Waals surface area contributed by atoms with Crippen LogP contribution in [0.4, 0.5) is 0 Å². The number of thioether (sulfide) groups is 1. The molecule has 170 valence electrons. The predicted molar refractivity (Wildman–Crippen MR) is 127 cm³/mol. The van der Waals surface area contributed by atoms with Gasteiger partial charge in [0.15, 0.2) is 16.7 Å². The maximum Gasteiger partial charge on any atom is 0.208 e. The van der Waals surface area contributed by atoms with Crippen molar-refractivity contribution >= 4 is 28.5 Å². The van der Waals surface area contributed by atoms with Crippen LogP contribution in [-0.4, -0.2) is 46.1 Å². The van der Waals surface area contributed by atoms with Crippen LogP contribution in [0.2, 0.25) is 0 Å². The molecule has 0 aliphatic carbocycles. The number of nitrogens with zero attached hydrogens (tertiary/aromatic N) is 3. The fourth-order valence-corrected chi connectivity index (χ4v) is 4.95. The van der Waals surface area contributed by atoms with E-state index in [4.69, 9.17) is 13.9 Å². The lowest BCUT2D eigenvalue weighted by molar-refractivity contribution is 0.0953. The summed E-state index contributed by atoms with van der Waals surface area (Å²) in [7, 11) is 1.64. The molecule has 0 amide bonds. The molecule has 0 unspecified atom stereocenters. The van der Waals surface area contributed by atoms with E-state index in [0.717, 1.165) is 53.1 Å². The summed E-state index contributed by atoms with van der Waals surface area (Å²) in [5.41, 5.74) is 2.54. The molecule has 0 radical (unpaired) electrons. The van der Waals surface area contributed by atoms with Crippen molar-refractivity contribution in [2.24, 2.45) is 0 Å². The SMILES string of the molecule is COc1ccc(-c2nnc(SCC(=O)c3oc4ccccc4c3C)n2C[C@H]2CCCO2)cc1. The summed E-state index contributed by atoms with van der Waals surface area (Å²) < 4.78 is 19.0. The lowest BCUT2D eigenvalue weighted by Crippen LogP contribution is -2.17. The van der Waals surface area contributed by atoms with E-state index in [9.17, 15) is 4.79 Å². The van der Waals surface area contributed by atoms with Crippen molar-refractivity contribution in [2.45, 2.75) is 37.6 Å². The third kappa shape index (κ3) is 4.41. The molecule has 8 heteroatoms. The maximum absolute atomic E-state index is 13.0. The number of aryl methyl sites for hydroxylation is 1. The molecular formula is C25H25N3O4S. The third-order valence-corrected chi connectivity index (χ3v) is 6.87. The number of ketones is 1. The first-order chi connectivity index (χ1) is 16.1. The van der Waals surface area contributed by atoms with Crippen molar-refractivity contribution in [1.82, 2.24) is 14.8 Å². The van der Waals surface area contributed by atoms with Crippen LogP contribution >= 0.6 is 11.8 Å². The molecule has 5 rings (SSSR count). The number of ether oxygens (including phenoxy) is 2. The number of rotatable bonds is 8. The van der Waals surface area contributed by atoms with Crippen molar-refractivity contribution in [3.05, 3.63) is 59.9 Å². The van der Waals surface area contributed by atoms with E-state index in [1.165, 1.54) is 11.8 Å². The zero-order valence-electron chi connectivity index (χ0n) is 18.6. The average Bonchev–Trinajstić information content (AvgIpc) is 3.58. The number of hydrogen-bond acceptors (Lipinski definition) is 7. The summed E-state index contributed by atoms with van der Waals surface area (Å²) in [4.78, 5) is 13.0. The zero-order valence-corrected chi connectivity index (χ0v) is 19.4. The van der Waals surface area contributed by atoms with Gasteiger partial charge in [0.25, 0.3) is 0 Å². The zero-order chi connectivity index (χ0) is 22.8. The van der Waals surface area contributed by atoms with Crippen molar-refractivity contribution in [1.29, 1.82) is 0 Å². The summed E-state index contributed by atoms with van der Waals surface area (Å²) >= 11 is 1.37. The number of furan rings is 1. The lowest BCUT2D eigenvalue weighted by Gasteiger charge is -2.14. The lowest BCUT2D eigenvalue weighted by atomic mass is 10.1. The van der Waals surface area contributed by atoms with E-state index in [1.54, 1.807) is 7.11 Å². The quantitative estimate of drug-likeness (QED) is 0.264. The van der Waals surface area contributed by atoms with Gasteiger partial charge in [-0.3, -0.25) is 9.36 Å². The normalized spacial score (nSPS) is 15.9. The fraction of sp³-hybridized carbons (Fsp3) is 0.320. The number of hydrogen-bond donors (Lipinski definition) is 0. The van der Waals surface area contributed by atoms with Crippen molar-refractivity contribution in [3.63, 3.8) is 0 Å². The second-order valence-corrected chi connectivity index (χ2v) is 8.99.